The number of likely N-dealkylation sites (tertiary alicyclic amines) is 1. The molecule has 0 aromatic carbocycles. The first-order chi connectivity index (χ1) is 10.3. The number of ether oxygens (including phenoxy) is 2. The second kappa shape index (κ2) is 7.01. The van der Waals surface area contributed by atoms with Crippen molar-refractivity contribution in [2.75, 3.05) is 32.9 Å². The molecule has 0 bridgehead atoms. The van der Waals surface area contributed by atoms with E-state index < -0.39 is 0 Å². The highest BCUT2D eigenvalue weighted by atomic mass is 32.1. The van der Waals surface area contributed by atoms with Crippen molar-refractivity contribution in [3.05, 3.63) is 29.2 Å². The first-order valence-electron chi connectivity index (χ1n) is 7.73. The molecule has 0 aliphatic carbocycles. The summed E-state index contributed by atoms with van der Waals surface area (Å²) >= 11 is 1.74. The molecule has 1 aromatic heterocycles. The molecule has 0 saturated carbocycles. The summed E-state index contributed by atoms with van der Waals surface area (Å²) in [5.74, 6) is 0. The van der Waals surface area contributed by atoms with Gasteiger partial charge in [0.25, 0.3) is 0 Å². The van der Waals surface area contributed by atoms with Gasteiger partial charge in [-0.1, -0.05) is 6.08 Å². The molecule has 3 heterocycles. The number of fused-ring (bicyclic) bond motifs is 1. The molecule has 2 saturated heterocycles. The summed E-state index contributed by atoms with van der Waals surface area (Å²) in [7, 11) is 0. The SMILES string of the molecule is C=CCOC[C@@]12CCCO[C@@H]1CCN(Cc1nccs1)C2. The number of aromatic nitrogens is 1. The van der Waals surface area contributed by atoms with Gasteiger partial charge in [0, 0.05) is 36.7 Å². The Balaban J connectivity index is 1.66. The van der Waals surface area contributed by atoms with Gasteiger partial charge in [0.2, 0.25) is 0 Å². The fourth-order valence-corrected chi connectivity index (χ4v) is 4.25. The highest BCUT2D eigenvalue weighted by Crippen LogP contribution is 2.40. The average molecular weight is 308 g/mol. The van der Waals surface area contributed by atoms with E-state index in [9.17, 15) is 0 Å². The molecule has 116 valence electrons. The second-order valence-corrected chi connectivity index (χ2v) is 7.03. The lowest BCUT2D eigenvalue weighted by molar-refractivity contribution is -0.152. The van der Waals surface area contributed by atoms with Gasteiger partial charge in [0.1, 0.15) is 5.01 Å². The normalized spacial score (nSPS) is 30.0. The van der Waals surface area contributed by atoms with E-state index in [4.69, 9.17) is 9.47 Å². The molecule has 1 aromatic rings. The summed E-state index contributed by atoms with van der Waals surface area (Å²) in [4.78, 5) is 6.93. The number of hydrogen-bond donors (Lipinski definition) is 0. The van der Waals surface area contributed by atoms with Gasteiger partial charge in [-0.3, -0.25) is 4.90 Å². The van der Waals surface area contributed by atoms with Crippen LogP contribution in [-0.4, -0.2) is 48.9 Å². The van der Waals surface area contributed by atoms with Crippen molar-refractivity contribution in [2.45, 2.75) is 31.9 Å². The fourth-order valence-electron chi connectivity index (χ4n) is 3.60. The molecule has 2 aliphatic rings. The predicted molar refractivity (Wildman–Crippen MR) is 84.4 cm³/mol. The second-order valence-electron chi connectivity index (χ2n) is 6.05. The van der Waals surface area contributed by atoms with Gasteiger partial charge < -0.3 is 9.47 Å². The maximum absolute atomic E-state index is 6.05. The zero-order valence-corrected chi connectivity index (χ0v) is 13.3. The number of nitrogens with zero attached hydrogens (tertiary/aromatic N) is 2. The third-order valence-electron chi connectivity index (χ3n) is 4.53. The van der Waals surface area contributed by atoms with Crippen LogP contribution in [0.5, 0.6) is 0 Å². The Morgan fingerprint density at radius 1 is 1.62 bits per heavy atom. The molecule has 0 radical (unpaired) electrons. The van der Waals surface area contributed by atoms with E-state index in [-0.39, 0.29) is 5.41 Å². The largest absolute Gasteiger partial charge is 0.377 e. The van der Waals surface area contributed by atoms with Crippen molar-refractivity contribution >= 4 is 11.3 Å². The smallest absolute Gasteiger partial charge is 0.107 e. The lowest BCUT2D eigenvalue weighted by Gasteiger charge is -2.50. The van der Waals surface area contributed by atoms with Crippen LogP contribution in [0.15, 0.2) is 24.2 Å². The van der Waals surface area contributed by atoms with Gasteiger partial charge in [0.05, 0.1) is 25.9 Å². The van der Waals surface area contributed by atoms with Gasteiger partial charge >= 0.3 is 0 Å². The molecular weight excluding hydrogens is 284 g/mol. The van der Waals surface area contributed by atoms with Gasteiger partial charge in [-0.15, -0.1) is 17.9 Å². The van der Waals surface area contributed by atoms with Crippen molar-refractivity contribution in [3.63, 3.8) is 0 Å². The van der Waals surface area contributed by atoms with Gasteiger partial charge in [-0.05, 0) is 19.3 Å². The topological polar surface area (TPSA) is 34.6 Å². The van der Waals surface area contributed by atoms with Crippen LogP contribution in [0.25, 0.3) is 0 Å². The molecule has 0 unspecified atom stereocenters. The molecule has 2 fully saturated rings. The highest BCUT2D eigenvalue weighted by Gasteiger charge is 2.46. The van der Waals surface area contributed by atoms with Crippen molar-refractivity contribution < 1.29 is 9.47 Å². The van der Waals surface area contributed by atoms with E-state index in [2.05, 4.69) is 21.8 Å². The lowest BCUT2D eigenvalue weighted by Crippen LogP contribution is -2.56. The minimum atomic E-state index is 0.150. The van der Waals surface area contributed by atoms with Crippen molar-refractivity contribution in [1.82, 2.24) is 9.88 Å². The van der Waals surface area contributed by atoms with Crippen LogP contribution in [0.4, 0.5) is 0 Å². The Morgan fingerprint density at radius 3 is 3.38 bits per heavy atom. The monoisotopic (exact) mass is 308 g/mol. The zero-order valence-electron chi connectivity index (χ0n) is 12.5. The number of thiazole rings is 1. The Hall–Kier alpha value is -0.750. The molecule has 5 heteroatoms. The third kappa shape index (κ3) is 3.54. The minimum absolute atomic E-state index is 0.150. The van der Waals surface area contributed by atoms with Crippen LogP contribution in [0.1, 0.15) is 24.3 Å². The Kier molecular flexibility index (Phi) is 5.06. The molecule has 21 heavy (non-hydrogen) atoms. The summed E-state index contributed by atoms with van der Waals surface area (Å²) in [5.41, 5.74) is 0.150. The number of piperidine rings is 1. The van der Waals surface area contributed by atoms with Crippen molar-refractivity contribution in [2.24, 2.45) is 5.41 Å². The van der Waals surface area contributed by atoms with Crippen LogP contribution in [-0.2, 0) is 16.0 Å². The van der Waals surface area contributed by atoms with Crippen LogP contribution < -0.4 is 0 Å². The molecule has 4 nitrogen and oxygen atoms in total. The van der Waals surface area contributed by atoms with Crippen LogP contribution in [0.2, 0.25) is 0 Å². The van der Waals surface area contributed by atoms with Gasteiger partial charge in [-0.25, -0.2) is 4.98 Å². The zero-order chi connectivity index (χ0) is 14.5. The molecule has 0 spiro atoms. The molecule has 3 rings (SSSR count). The minimum Gasteiger partial charge on any atom is -0.377 e. The fraction of sp³-hybridized carbons (Fsp3) is 0.688. The Morgan fingerprint density at radius 2 is 2.57 bits per heavy atom. The quantitative estimate of drug-likeness (QED) is 0.598. The summed E-state index contributed by atoms with van der Waals surface area (Å²) in [5, 5.41) is 3.25. The van der Waals surface area contributed by atoms with Crippen LogP contribution in [0, 0.1) is 5.41 Å². The van der Waals surface area contributed by atoms with Gasteiger partial charge in [0.15, 0.2) is 0 Å². The van der Waals surface area contributed by atoms with Crippen LogP contribution >= 0.6 is 11.3 Å². The van der Waals surface area contributed by atoms with Crippen molar-refractivity contribution in [3.8, 4) is 0 Å². The molecular formula is C16H24N2O2S. The number of hydrogen-bond acceptors (Lipinski definition) is 5. The predicted octanol–water partition coefficient (Wildman–Crippen LogP) is 2.72. The summed E-state index contributed by atoms with van der Waals surface area (Å²) in [6.45, 7) is 9.13. The Bertz CT molecular complexity index is 451. The summed E-state index contributed by atoms with van der Waals surface area (Å²) in [6, 6.07) is 0. The molecule has 2 aliphatic heterocycles. The van der Waals surface area contributed by atoms with Gasteiger partial charge in [-0.2, -0.15) is 0 Å². The molecule has 2 atom stereocenters. The maximum Gasteiger partial charge on any atom is 0.107 e. The first kappa shape index (κ1) is 15.2. The third-order valence-corrected chi connectivity index (χ3v) is 5.30. The van der Waals surface area contributed by atoms with E-state index >= 15 is 0 Å². The highest BCUT2D eigenvalue weighted by molar-refractivity contribution is 7.09. The van der Waals surface area contributed by atoms with E-state index in [1.165, 1.54) is 11.4 Å². The Labute approximate surface area is 130 Å². The van der Waals surface area contributed by atoms with Crippen LogP contribution in [0.3, 0.4) is 0 Å². The lowest BCUT2D eigenvalue weighted by atomic mass is 9.73. The van der Waals surface area contributed by atoms with E-state index in [0.717, 1.165) is 45.7 Å². The number of rotatable bonds is 6. The van der Waals surface area contributed by atoms with Crippen molar-refractivity contribution in [1.29, 1.82) is 0 Å². The van der Waals surface area contributed by atoms with E-state index in [1.54, 1.807) is 11.3 Å². The van der Waals surface area contributed by atoms with E-state index in [0.29, 0.717) is 12.7 Å². The summed E-state index contributed by atoms with van der Waals surface area (Å²) in [6.07, 6.45) is 7.50. The standard InChI is InChI=1S/C16H24N2O2S/c1-2-8-19-13-16-5-3-9-20-14(16)4-7-18(12-16)11-15-17-6-10-21-15/h2,6,10,14H,1,3-5,7-9,11-13H2/t14-,16+/m1/s1. The molecule has 0 N–H and O–H groups in total. The van der Waals surface area contributed by atoms with E-state index in [1.807, 2.05) is 12.3 Å². The maximum atomic E-state index is 6.05. The summed E-state index contributed by atoms with van der Waals surface area (Å²) < 4.78 is 11.9. The molecule has 0 amide bonds. The first-order valence-corrected chi connectivity index (χ1v) is 8.61. The average Bonchev–Trinajstić information content (AvgIpc) is 3.00.